The van der Waals surface area contributed by atoms with Crippen LogP contribution in [0.5, 0.6) is 0 Å². The lowest BCUT2D eigenvalue weighted by Crippen LogP contribution is -1.91. The molecule has 0 bridgehead atoms. The Morgan fingerprint density at radius 2 is 1.58 bits per heavy atom. The molecule has 5 rings (SSSR count). The van der Waals surface area contributed by atoms with E-state index in [0.29, 0.717) is 0 Å². The smallest absolute Gasteiger partial charge is 0.156 e. The highest BCUT2D eigenvalue weighted by Crippen LogP contribution is 2.44. The van der Waals surface area contributed by atoms with Gasteiger partial charge >= 0.3 is 0 Å². The van der Waals surface area contributed by atoms with Gasteiger partial charge in [-0.1, -0.05) is 72.4 Å². The fourth-order valence-electron chi connectivity index (χ4n) is 3.36. The van der Waals surface area contributed by atoms with Gasteiger partial charge in [0.05, 0.1) is 15.9 Å². The van der Waals surface area contributed by atoms with Crippen molar-refractivity contribution in [2.45, 2.75) is 9.24 Å². The van der Waals surface area contributed by atoms with Crippen molar-refractivity contribution in [1.82, 2.24) is 9.55 Å². The van der Waals surface area contributed by atoms with Crippen LogP contribution in [0, 0.1) is 0 Å². The van der Waals surface area contributed by atoms with E-state index in [4.69, 9.17) is 4.98 Å². The van der Waals surface area contributed by atoms with Gasteiger partial charge in [0.25, 0.3) is 0 Å². The third kappa shape index (κ3) is 2.54. The first kappa shape index (κ1) is 15.7. The molecule has 3 aromatic carbocycles. The quantitative estimate of drug-likeness (QED) is 0.355. The third-order valence-corrected chi connectivity index (χ3v) is 6.79. The molecule has 0 saturated carbocycles. The molecule has 0 spiro atoms. The zero-order valence-corrected chi connectivity index (χ0v) is 15.8. The molecule has 0 aliphatic carbocycles. The second kappa shape index (κ2) is 6.31. The highest BCUT2D eigenvalue weighted by atomic mass is 32.2. The summed E-state index contributed by atoms with van der Waals surface area (Å²) in [5.41, 5.74) is 4.79. The Morgan fingerprint density at radius 3 is 2.42 bits per heavy atom. The standard InChI is InChI=1S/C22H16N2S2/c1-24-18-13-7-5-11-16(18)21(20(24)15-9-3-2-4-10-15)26-22-23-17-12-6-8-14-19(17)25-22/h2-14H,1H3. The van der Waals surface area contributed by atoms with Gasteiger partial charge in [-0.2, -0.15) is 0 Å². The molecule has 2 heterocycles. The van der Waals surface area contributed by atoms with E-state index in [1.807, 2.05) is 6.07 Å². The molecule has 5 aromatic rings. The van der Waals surface area contributed by atoms with Gasteiger partial charge in [0.2, 0.25) is 0 Å². The fraction of sp³-hybridized carbons (Fsp3) is 0.0455. The number of aryl methyl sites for hydroxylation is 1. The SMILES string of the molecule is Cn1c(-c2ccccc2)c(Sc2nc3ccccc3s2)c2ccccc21. The van der Waals surface area contributed by atoms with Gasteiger partial charge in [0, 0.05) is 22.8 Å². The van der Waals surface area contributed by atoms with E-state index < -0.39 is 0 Å². The topological polar surface area (TPSA) is 17.8 Å². The van der Waals surface area contributed by atoms with Crippen LogP contribution in [-0.4, -0.2) is 9.55 Å². The first-order valence-electron chi connectivity index (χ1n) is 8.47. The van der Waals surface area contributed by atoms with Gasteiger partial charge < -0.3 is 4.57 Å². The summed E-state index contributed by atoms with van der Waals surface area (Å²) in [5, 5.41) is 1.28. The number of fused-ring (bicyclic) bond motifs is 2. The Kier molecular flexibility index (Phi) is 3.80. The van der Waals surface area contributed by atoms with Gasteiger partial charge in [-0.25, -0.2) is 4.98 Å². The van der Waals surface area contributed by atoms with E-state index in [1.165, 1.54) is 31.8 Å². The zero-order valence-electron chi connectivity index (χ0n) is 14.2. The maximum atomic E-state index is 4.83. The second-order valence-corrected chi connectivity index (χ2v) is 8.46. The number of benzene rings is 3. The van der Waals surface area contributed by atoms with Gasteiger partial charge in [-0.05, 0) is 23.8 Å². The molecule has 0 amide bonds. The molecule has 0 N–H and O–H groups in total. The van der Waals surface area contributed by atoms with Crippen molar-refractivity contribution in [1.29, 1.82) is 0 Å². The van der Waals surface area contributed by atoms with Crippen LogP contribution >= 0.6 is 23.1 Å². The van der Waals surface area contributed by atoms with E-state index >= 15 is 0 Å². The number of hydrogen-bond acceptors (Lipinski definition) is 3. The van der Waals surface area contributed by atoms with Gasteiger partial charge in [0.15, 0.2) is 4.34 Å². The minimum absolute atomic E-state index is 1.07. The van der Waals surface area contributed by atoms with Crippen LogP contribution in [0.25, 0.3) is 32.4 Å². The number of rotatable bonds is 3. The van der Waals surface area contributed by atoms with Crippen LogP contribution < -0.4 is 0 Å². The van der Waals surface area contributed by atoms with E-state index in [9.17, 15) is 0 Å². The molecule has 0 fully saturated rings. The van der Waals surface area contributed by atoms with E-state index in [1.54, 1.807) is 23.1 Å². The summed E-state index contributed by atoms with van der Waals surface area (Å²) in [4.78, 5) is 6.10. The zero-order chi connectivity index (χ0) is 17.5. The van der Waals surface area contributed by atoms with Crippen LogP contribution in [0.1, 0.15) is 0 Å². The summed E-state index contributed by atoms with van der Waals surface area (Å²) >= 11 is 3.53. The highest BCUT2D eigenvalue weighted by molar-refractivity contribution is 8.01. The summed E-state index contributed by atoms with van der Waals surface area (Å²) in [6, 6.07) is 27.5. The normalized spacial score (nSPS) is 11.4. The Balaban J connectivity index is 1.73. The van der Waals surface area contributed by atoms with Gasteiger partial charge in [-0.15, -0.1) is 11.3 Å². The molecule has 0 radical (unpaired) electrons. The fourth-order valence-corrected chi connectivity index (χ4v) is 5.70. The Morgan fingerprint density at radius 1 is 0.846 bits per heavy atom. The summed E-state index contributed by atoms with van der Waals surface area (Å²) in [6.45, 7) is 0. The highest BCUT2D eigenvalue weighted by Gasteiger charge is 2.18. The molecule has 0 aliphatic heterocycles. The molecule has 2 nitrogen and oxygen atoms in total. The molecular formula is C22H16N2S2. The molecule has 0 unspecified atom stereocenters. The average Bonchev–Trinajstić information content (AvgIpc) is 3.22. The van der Waals surface area contributed by atoms with Gasteiger partial charge in [0.1, 0.15) is 0 Å². The third-order valence-electron chi connectivity index (χ3n) is 4.57. The predicted molar refractivity (Wildman–Crippen MR) is 112 cm³/mol. The van der Waals surface area contributed by atoms with Crippen LogP contribution in [0.2, 0.25) is 0 Å². The molecular weight excluding hydrogens is 356 g/mol. The van der Waals surface area contributed by atoms with Crippen molar-refractivity contribution in [2.75, 3.05) is 0 Å². The molecule has 2 aromatic heterocycles. The molecule has 0 atom stereocenters. The van der Waals surface area contributed by atoms with Crippen LogP contribution in [0.15, 0.2) is 88.1 Å². The number of aromatic nitrogens is 2. The Labute approximate surface area is 160 Å². The van der Waals surface area contributed by atoms with E-state index in [0.717, 1.165) is 9.86 Å². The Bertz CT molecular complexity index is 1190. The minimum atomic E-state index is 1.07. The number of hydrogen-bond donors (Lipinski definition) is 0. The molecule has 0 aliphatic rings. The van der Waals surface area contributed by atoms with Crippen LogP contribution in [0.4, 0.5) is 0 Å². The molecule has 26 heavy (non-hydrogen) atoms. The second-order valence-electron chi connectivity index (χ2n) is 6.17. The van der Waals surface area contributed by atoms with Crippen molar-refractivity contribution in [2.24, 2.45) is 7.05 Å². The van der Waals surface area contributed by atoms with E-state index in [2.05, 4.69) is 84.4 Å². The largest absolute Gasteiger partial charge is 0.343 e. The predicted octanol–water partition coefficient (Wildman–Crippen LogP) is 6.61. The van der Waals surface area contributed by atoms with Crippen molar-refractivity contribution in [3.63, 3.8) is 0 Å². The van der Waals surface area contributed by atoms with Crippen LogP contribution in [0.3, 0.4) is 0 Å². The van der Waals surface area contributed by atoms with Crippen LogP contribution in [-0.2, 0) is 7.05 Å². The minimum Gasteiger partial charge on any atom is -0.343 e. The number of nitrogens with zero attached hydrogens (tertiary/aromatic N) is 2. The summed E-state index contributed by atoms with van der Waals surface area (Å²) in [7, 11) is 2.15. The summed E-state index contributed by atoms with van der Waals surface area (Å²) < 4.78 is 4.61. The van der Waals surface area contributed by atoms with Crippen molar-refractivity contribution in [3.8, 4) is 11.3 Å². The molecule has 126 valence electrons. The maximum absolute atomic E-state index is 4.83. The molecule has 4 heteroatoms. The first-order chi connectivity index (χ1) is 12.8. The summed E-state index contributed by atoms with van der Waals surface area (Å²) in [5.74, 6) is 0. The Hall–Kier alpha value is -2.56. The summed E-state index contributed by atoms with van der Waals surface area (Å²) in [6.07, 6.45) is 0. The van der Waals surface area contributed by atoms with Crippen molar-refractivity contribution >= 4 is 44.2 Å². The number of thiazole rings is 1. The van der Waals surface area contributed by atoms with Crippen molar-refractivity contribution < 1.29 is 0 Å². The first-order valence-corrected chi connectivity index (χ1v) is 10.1. The number of para-hydroxylation sites is 2. The lowest BCUT2D eigenvalue weighted by atomic mass is 10.1. The lowest BCUT2D eigenvalue weighted by molar-refractivity contribution is 0.968. The van der Waals surface area contributed by atoms with Crippen molar-refractivity contribution in [3.05, 3.63) is 78.9 Å². The van der Waals surface area contributed by atoms with E-state index in [-0.39, 0.29) is 0 Å². The van der Waals surface area contributed by atoms with Gasteiger partial charge in [-0.3, -0.25) is 0 Å². The average molecular weight is 373 g/mol. The maximum Gasteiger partial charge on any atom is 0.156 e. The molecule has 0 saturated heterocycles. The lowest BCUT2D eigenvalue weighted by Gasteiger charge is -2.07. The monoisotopic (exact) mass is 372 g/mol.